The second-order valence-electron chi connectivity index (χ2n) is 5.09. The first kappa shape index (κ1) is 14.0. The van der Waals surface area contributed by atoms with Gasteiger partial charge in [0.1, 0.15) is 5.78 Å². The van der Waals surface area contributed by atoms with Crippen molar-refractivity contribution in [3.8, 4) is 0 Å². The Morgan fingerprint density at radius 1 is 1.26 bits per heavy atom. The molecule has 19 heavy (non-hydrogen) atoms. The molecule has 0 N–H and O–H groups in total. The Bertz CT molecular complexity index is 422. The van der Waals surface area contributed by atoms with E-state index in [4.69, 9.17) is 0 Å². The van der Waals surface area contributed by atoms with Crippen molar-refractivity contribution in [3.05, 3.63) is 30.1 Å². The maximum Gasteiger partial charge on any atom is 0.391 e. The second kappa shape index (κ2) is 5.72. The molecular weight excluding hydrogens is 255 g/mol. The van der Waals surface area contributed by atoms with Gasteiger partial charge in [-0.25, -0.2) is 0 Å². The zero-order chi connectivity index (χ0) is 13.9. The van der Waals surface area contributed by atoms with E-state index in [1.165, 1.54) is 0 Å². The number of hydrogen-bond donors (Lipinski definition) is 0. The lowest BCUT2D eigenvalue weighted by Crippen LogP contribution is -2.30. The smallest absolute Gasteiger partial charge is 0.299 e. The summed E-state index contributed by atoms with van der Waals surface area (Å²) in [5.41, 5.74) is 0.824. The Hall–Kier alpha value is -1.39. The SMILES string of the molecule is O=C(Cc1cccnc1)C1CCC(C(F)(F)F)CC1. The maximum absolute atomic E-state index is 12.5. The summed E-state index contributed by atoms with van der Waals surface area (Å²) in [6.45, 7) is 0. The highest BCUT2D eigenvalue weighted by atomic mass is 19.4. The number of carbonyl (C=O) groups excluding carboxylic acids is 1. The molecule has 0 amide bonds. The minimum absolute atomic E-state index is 0.0358. The van der Waals surface area contributed by atoms with Crippen LogP contribution >= 0.6 is 0 Å². The molecule has 0 aliphatic heterocycles. The van der Waals surface area contributed by atoms with Crippen LogP contribution in [-0.4, -0.2) is 16.9 Å². The fourth-order valence-electron chi connectivity index (χ4n) is 2.59. The molecule has 1 heterocycles. The third-order valence-corrected chi connectivity index (χ3v) is 3.75. The van der Waals surface area contributed by atoms with Gasteiger partial charge in [0, 0.05) is 24.7 Å². The number of Topliss-reactive ketones (excluding diaryl/α,β-unsaturated/α-hetero) is 1. The molecule has 1 aliphatic rings. The van der Waals surface area contributed by atoms with Crippen LogP contribution in [0.15, 0.2) is 24.5 Å². The van der Waals surface area contributed by atoms with E-state index < -0.39 is 12.1 Å². The predicted octanol–water partition coefficient (Wildman–Crippen LogP) is 3.56. The molecule has 0 unspecified atom stereocenters. The summed E-state index contributed by atoms with van der Waals surface area (Å²) in [6, 6.07) is 3.56. The minimum atomic E-state index is -4.11. The lowest BCUT2D eigenvalue weighted by molar-refractivity contribution is -0.184. The molecule has 0 atom stereocenters. The zero-order valence-corrected chi connectivity index (χ0v) is 10.5. The molecule has 1 saturated carbocycles. The number of pyridine rings is 1. The third-order valence-electron chi connectivity index (χ3n) is 3.75. The molecule has 0 spiro atoms. The lowest BCUT2D eigenvalue weighted by atomic mass is 9.78. The van der Waals surface area contributed by atoms with Gasteiger partial charge in [-0.1, -0.05) is 6.07 Å². The van der Waals surface area contributed by atoms with Crippen LogP contribution in [0, 0.1) is 11.8 Å². The maximum atomic E-state index is 12.5. The van der Waals surface area contributed by atoms with Crippen LogP contribution in [0.2, 0.25) is 0 Å². The van der Waals surface area contributed by atoms with Crippen molar-refractivity contribution in [2.45, 2.75) is 38.3 Å². The average Bonchev–Trinajstić information content (AvgIpc) is 2.39. The number of halogens is 3. The van der Waals surface area contributed by atoms with Gasteiger partial charge in [0.25, 0.3) is 0 Å². The van der Waals surface area contributed by atoms with E-state index in [1.54, 1.807) is 18.5 Å². The fraction of sp³-hybridized carbons (Fsp3) is 0.571. The van der Waals surface area contributed by atoms with Crippen LogP contribution in [0.5, 0.6) is 0 Å². The summed E-state index contributed by atoms with van der Waals surface area (Å²) >= 11 is 0. The fourth-order valence-corrected chi connectivity index (χ4v) is 2.59. The van der Waals surface area contributed by atoms with Gasteiger partial charge in [-0.15, -0.1) is 0 Å². The Balaban J connectivity index is 1.86. The molecule has 2 nitrogen and oxygen atoms in total. The van der Waals surface area contributed by atoms with Crippen molar-refractivity contribution in [2.24, 2.45) is 11.8 Å². The van der Waals surface area contributed by atoms with Crippen molar-refractivity contribution in [3.63, 3.8) is 0 Å². The van der Waals surface area contributed by atoms with E-state index in [2.05, 4.69) is 4.98 Å². The van der Waals surface area contributed by atoms with Crippen molar-refractivity contribution >= 4 is 5.78 Å². The van der Waals surface area contributed by atoms with Gasteiger partial charge in [-0.3, -0.25) is 9.78 Å². The monoisotopic (exact) mass is 271 g/mol. The second-order valence-corrected chi connectivity index (χ2v) is 5.09. The topological polar surface area (TPSA) is 30.0 Å². The van der Waals surface area contributed by atoms with E-state index in [0.29, 0.717) is 12.8 Å². The summed E-state index contributed by atoms with van der Waals surface area (Å²) in [5.74, 6) is -1.41. The standard InChI is InChI=1S/C14H16F3NO/c15-14(16,17)12-5-3-11(4-6-12)13(19)8-10-2-1-7-18-9-10/h1-2,7,9,11-12H,3-6,8H2. The lowest BCUT2D eigenvalue weighted by Gasteiger charge is -2.29. The first-order valence-corrected chi connectivity index (χ1v) is 6.45. The van der Waals surface area contributed by atoms with E-state index in [0.717, 1.165) is 5.56 Å². The molecule has 1 fully saturated rings. The molecule has 2 rings (SSSR count). The number of alkyl halides is 3. The Labute approximate surface area is 110 Å². The largest absolute Gasteiger partial charge is 0.391 e. The highest BCUT2D eigenvalue weighted by Gasteiger charge is 2.42. The van der Waals surface area contributed by atoms with E-state index in [-0.39, 0.29) is 31.0 Å². The van der Waals surface area contributed by atoms with Crippen molar-refractivity contribution in [1.29, 1.82) is 0 Å². The van der Waals surface area contributed by atoms with Crippen molar-refractivity contribution in [2.75, 3.05) is 0 Å². The first-order chi connectivity index (χ1) is 8.97. The van der Waals surface area contributed by atoms with E-state index in [9.17, 15) is 18.0 Å². The number of aromatic nitrogens is 1. The summed E-state index contributed by atoms with van der Waals surface area (Å²) in [4.78, 5) is 15.9. The number of rotatable bonds is 3. The summed E-state index contributed by atoms with van der Waals surface area (Å²) in [7, 11) is 0. The van der Waals surface area contributed by atoms with Crippen LogP contribution in [-0.2, 0) is 11.2 Å². The Kier molecular flexibility index (Phi) is 4.22. The van der Waals surface area contributed by atoms with Crippen LogP contribution < -0.4 is 0 Å². The van der Waals surface area contributed by atoms with Gasteiger partial charge < -0.3 is 0 Å². The zero-order valence-electron chi connectivity index (χ0n) is 10.5. The number of ketones is 1. The van der Waals surface area contributed by atoms with Crippen LogP contribution in [0.25, 0.3) is 0 Å². The van der Waals surface area contributed by atoms with Crippen LogP contribution in [0.1, 0.15) is 31.2 Å². The molecule has 1 aliphatic carbocycles. The molecule has 1 aromatic heterocycles. The minimum Gasteiger partial charge on any atom is -0.299 e. The number of hydrogen-bond acceptors (Lipinski definition) is 2. The van der Waals surface area contributed by atoms with Gasteiger partial charge in [0.05, 0.1) is 5.92 Å². The Morgan fingerprint density at radius 2 is 1.95 bits per heavy atom. The molecule has 0 aromatic carbocycles. The average molecular weight is 271 g/mol. The van der Waals surface area contributed by atoms with Gasteiger partial charge in [-0.2, -0.15) is 13.2 Å². The highest BCUT2D eigenvalue weighted by molar-refractivity contribution is 5.83. The Morgan fingerprint density at radius 3 is 2.47 bits per heavy atom. The van der Waals surface area contributed by atoms with Gasteiger partial charge >= 0.3 is 6.18 Å². The summed E-state index contributed by atoms with van der Waals surface area (Å²) < 4.78 is 37.6. The van der Waals surface area contributed by atoms with Gasteiger partial charge in [0.15, 0.2) is 0 Å². The molecule has 0 saturated heterocycles. The molecule has 1 aromatic rings. The highest BCUT2D eigenvalue weighted by Crippen LogP contribution is 2.39. The molecule has 0 bridgehead atoms. The normalized spacial score (nSPS) is 24.2. The number of carbonyl (C=O) groups is 1. The summed E-state index contributed by atoms with van der Waals surface area (Å²) in [6.07, 6.45) is 0.265. The van der Waals surface area contributed by atoms with Gasteiger partial charge in [-0.05, 0) is 37.3 Å². The molecule has 5 heteroatoms. The third kappa shape index (κ3) is 3.78. The van der Waals surface area contributed by atoms with Crippen molar-refractivity contribution < 1.29 is 18.0 Å². The first-order valence-electron chi connectivity index (χ1n) is 6.45. The predicted molar refractivity (Wildman–Crippen MR) is 64.5 cm³/mol. The molecular formula is C14H16F3NO. The van der Waals surface area contributed by atoms with E-state index in [1.807, 2.05) is 6.07 Å². The molecule has 0 radical (unpaired) electrons. The molecule has 104 valence electrons. The summed E-state index contributed by atoms with van der Waals surface area (Å²) in [5, 5.41) is 0. The van der Waals surface area contributed by atoms with Crippen molar-refractivity contribution in [1.82, 2.24) is 4.98 Å². The van der Waals surface area contributed by atoms with Crippen LogP contribution in [0.3, 0.4) is 0 Å². The number of nitrogens with zero attached hydrogens (tertiary/aromatic N) is 1. The van der Waals surface area contributed by atoms with Gasteiger partial charge in [0.2, 0.25) is 0 Å². The van der Waals surface area contributed by atoms with Crippen LogP contribution in [0.4, 0.5) is 13.2 Å². The quantitative estimate of drug-likeness (QED) is 0.841. The van der Waals surface area contributed by atoms with E-state index >= 15 is 0 Å².